The second-order valence-electron chi connectivity index (χ2n) is 4.16. The molecule has 0 aliphatic rings. The third kappa shape index (κ3) is 3.56. The summed E-state index contributed by atoms with van der Waals surface area (Å²) in [6.45, 7) is 5.80. The number of thiophene rings is 1. The Labute approximate surface area is 122 Å². The molecular formula is C13H20N2O4S. The monoisotopic (exact) mass is 300 g/mol. The Morgan fingerprint density at radius 2 is 2.05 bits per heavy atom. The molecule has 1 amide bonds. The minimum absolute atomic E-state index is 0.0699. The van der Waals surface area contributed by atoms with Gasteiger partial charge in [-0.1, -0.05) is 0 Å². The molecule has 3 N–H and O–H groups in total. The van der Waals surface area contributed by atoms with E-state index in [9.17, 15) is 9.59 Å². The molecule has 7 heteroatoms. The molecule has 6 nitrogen and oxygen atoms in total. The van der Waals surface area contributed by atoms with E-state index in [4.69, 9.17) is 15.2 Å². The topological polar surface area (TPSA) is 90.7 Å². The predicted octanol–water partition coefficient (Wildman–Crippen LogP) is 1.45. The number of rotatable bonds is 6. The number of carbonyl (C=O) groups excluding carboxylic acids is 2. The average Bonchev–Trinajstić information content (AvgIpc) is 2.66. The van der Waals surface area contributed by atoms with Gasteiger partial charge in [-0.25, -0.2) is 4.79 Å². The number of amides is 1. The van der Waals surface area contributed by atoms with E-state index in [0.717, 1.165) is 10.4 Å². The van der Waals surface area contributed by atoms with Crippen molar-refractivity contribution in [2.75, 3.05) is 25.6 Å². The molecule has 1 unspecified atom stereocenters. The summed E-state index contributed by atoms with van der Waals surface area (Å²) < 4.78 is 9.99. The number of ether oxygens (including phenoxy) is 2. The molecule has 0 radical (unpaired) electrons. The van der Waals surface area contributed by atoms with E-state index in [1.165, 1.54) is 18.4 Å². The molecule has 0 aliphatic carbocycles. The lowest BCUT2D eigenvalue weighted by atomic mass is 10.1. The SMILES string of the molecule is CCOC(=O)c1c(NC(=O)C(CN)OC)sc(C)c1C. The zero-order valence-electron chi connectivity index (χ0n) is 12.1. The summed E-state index contributed by atoms with van der Waals surface area (Å²) in [5, 5.41) is 3.16. The first-order valence-electron chi connectivity index (χ1n) is 6.27. The van der Waals surface area contributed by atoms with Crippen LogP contribution in [-0.4, -0.2) is 38.2 Å². The molecule has 0 bridgehead atoms. The van der Waals surface area contributed by atoms with Gasteiger partial charge in [0.05, 0.1) is 12.2 Å². The van der Waals surface area contributed by atoms with Crippen molar-refractivity contribution in [3.63, 3.8) is 0 Å². The van der Waals surface area contributed by atoms with Crippen LogP contribution in [0.2, 0.25) is 0 Å². The highest BCUT2D eigenvalue weighted by Crippen LogP contribution is 2.33. The number of nitrogens with one attached hydrogen (secondary N) is 1. The molecule has 0 spiro atoms. The second-order valence-corrected chi connectivity index (χ2v) is 5.38. The van der Waals surface area contributed by atoms with E-state index in [1.54, 1.807) is 6.92 Å². The highest BCUT2D eigenvalue weighted by Gasteiger charge is 2.24. The first-order chi connectivity index (χ1) is 9.46. The number of methoxy groups -OCH3 is 1. The lowest BCUT2D eigenvalue weighted by Crippen LogP contribution is -2.36. The van der Waals surface area contributed by atoms with Crippen molar-refractivity contribution in [3.8, 4) is 0 Å². The van der Waals surface area contributed by atoms with Gasteiger partial charge in [0.2, 0.25) is 0 Å². The van der Waals surface area contributed by atoms with E-state index >= 15 is 0 Å². The van der Waals surface area contributed by atoms with Gasteiger partial charge in [-0.3, -0.25) is 4.79 Å². The van der Waals surface area contributed by atoms with Crippen molar-refractivity contribution in [3.05, 3.63) is 16.0 Å². The number of anilines is 1. The molecule has 1 aromatic heterocycles. The fourth-order valence-corrected chi connectivity index (χ4v) is 2.72. The molecule has 0 saturated heterocycles. The van der Waals surface area contributed by atoms with Crippen LogP contribution in [0.1, 0.15) is 27.7 Å². The van der Waals surface area contributed by atoms with Crippen molar-refractivity contribution in [1.29, 1.82) is 0 Å². The highest BCUT2D eigenvalue weighted by atomic mass is 32.1. The van der Waals surface area contributed by atoms with Crippen LogP contribution in [0.3, 0.4) is 0 Å². The van der Waals surface area contributed by atoms with Crippen LogP contribution < -0.4 is 11.1 Å². The second kappa shape index (κ2) is 7.37. The van der Waals surface area contributed by atoms with Gasteiger partial charge in [-0.2, -0.15) is 0 Å². The van der Waals surface area contributed by atoms with Gasteiger partial charge in [0.1, 0.15) is 11.1 Å². The molecule has 1 rings (SSSR count). The van der Waals surface area contributed by atoms with E-state index in [0.29, 0.717) is 10.6 Å². The third-order valence-corrected chi connectivity index (χ3v) is 4.02. The summed E-state index contributed by atoms with van der Waals surface area (Å²) in [6.07, 6.45) is -0.743. The number of carbonyl (C=O) groups is 2. The Morgan fingerprint density at radius 3 is 2.55 bits per heavy atom. The molecule has 0 saturated carbocycles. The molecule has 112 valence electrons. The Kier molecular flexibility index (Phi) is 6.12. The molecule has 0 fully saturated rings. The van der Waals surface area contributed by atoms with Crippen LogP contribution in [0.15, 0.2) is 0 Å². The van der Waals surface area contributed by atoms with Crippen LogP contribution >= 0.6 is 11.3 Å². The fraction of sp³-hybridized carbons (Fsp3) is 0.538. The average molecular weight is 300 g/mol. The first-order valence-corrected chi connectivity index (χ1v) is 7.08. The van der Waals surface area contributed by atoms with E-state index < -0.39 is 12.1 Å². The van der Waals surface area contributed by atoms with Crippen LogP contribution in [0.5, 0.6) is 0 Å². The molecule has 1 aromatic rings. The van der Waals surface area contributed by atoms with Gasteiger partial charge in [-0.15, -0.1) is 11.3 Å². The Hall–Kier alpha value is -1.44. The van der Waals surface area contributed by atoms with Crippen molar-refractivity contribution >= 4 is 28.2 Å². The number of hydrogen-bond donors (Lipinski definition) is 2. The van der Waals surface area contributed by atoms with Crippen LogP contribution in [0, 0.1) is 13.8 Å². The van der Waals surface area contributed by atoms with Gasteiger partial charge in [0.15, 0.2) is 0 Å². The van der Waals surface area contributed by atoms with Gasteiger partial charge >= 0.3 is 5.97 Å². The van der Waals surface area contributed by atoms with Crippen molar-refractivity contribution < 1.29 is 19.1 Å². The van der Waals surface area contributed by atoms with Crippen molar-refractivity contribution in [2.45, 2.75) is 26.9 Å². The highest BCUT2D eigenvalue weighted by molar-refractivity contribution is 7.16. The number of hydrogen-bond acceptors (Lipinski definition) is 6. The fourth-order valence-electron chi connectivity index (χ4n) is 1.67. The van der Waals surface area contributed by atoms with Gasteiger partial charge in [0.25, 0.3) is 5.91 Å². The Balaban J connectivity index is 3.03. The van der Waals surface area contributed by atoms with Crippen LogP contribution in [-0.2, 0) is 14.3 Å². The Bertz CT molecular complexity index is 495. The zero-order valence-corrected chi connectivity index (χ0v) is 12.9. The largest absolute Gasteiger partial charge is 0.462 e. The maximum absolute atomic E-state index is 12.0. The minimum Gasteiger partial charge on any atom is -0.462 e. The molecule has 1 heterocycles. The predicted molar refractivity (Wildman–Crippen MR) is 78.2 cm³/mol. The van der Waals surface area contributed by atoms with Crippen LogP contribution in [0.4, 0.5) is 5.00 Å². The summed E-state index contributed by atoms with van der Waals surface area (Å²) in [6, 6.07) is 0. The summed E-state index contributed by atoms with van der Waals surface area (Å²) >= 11 is 1.33. The number of nitrogens with two attached hydrogens (primary N) is 1. The van der Waals surface area contributed by atoms with Crippen LogP contribution in [0.25, 0.3) is 0 Å². The van der Waals surface area contributed by atoms with E-state index in [2.05, 4.69) is 5.32 Å². The Morgan fingerprint density at radius 1 is 1.40 bits per heavy atom. The summed E-state index contributed by atoms with van der Waals surface area (Å²) in [5.41, 5.74) is 6.65. The van der Waals surface area contributed by atoms with E-state index in [-0.39, 0.29) is 19.1 Å². The molecular weight excluding hydrogens is 280 g/mol. The zero-order chi connectivity index (χ0) is 15.3. The van der Waals surface area contributed by atoms with E-state index in [1.807, 2.05) is 13.8 Å². The van der Waals surface area contributed by atoms with Gasteiger partial charge in [0, 0.05) is 18.5 Å². The lowest BCUT2D eigenvalue weighted by molar-refractivity contribution is -0.125. The normalized spacial score (nSPS) is 12.1. The molecule has 0 aromatic carbocycles. The molecule has 1 atom stereocenters. The van der Waals surface area contributed by atoms with Gasteiger partial charge < -0.3 is 20.5 Å². The maximum Gasteiger partial charge on any atom is 0.341 e. The minimum atomic E-state index is -0.743. The smallest absolute Gasteiger partial charge is 0.341 e. The lowest BCUT2D eigenvalue weighted by Gasteiger charge is -2.13. The maximum atomic E-state index is 12.0. The third-order valence-electron chi connectivity index (χ3n) is 2.89. The quantitative estimate of drug-likeness (QED) is 0.776. The van der Waals surface area contributed by atoms with Crippen molar-refractivity contribution in [2.24, 2.45) is 5.73 Å². The summed E-state index contributed by atoms with van der Waals surface area (Å²) in [5.74, 6) is -0.812. The summed E-state index contributed by atoms with van der Waals surface area (Å²) in [7, 11) is 1.41. The van der Waals surface area contributed by atoms with Crippen molar-refractivity contribution in [1.82, 2.24) is 0 Å². The molecule has 20 heavy (non-hydrogen) atoms. The molecule has 0 aliphatic heterocycles. The number of esters is 1. The number of aryl methyl sites for hydroxylation is 1. The standard InChI is InChI=1S/C13H20N2O4S/c1-5-19-13(17)10-7(2)8(3)20-12(10)15-11(16)9(6-14)18-4/h9H,5-6,14H2,1-4H3,(H,15,16). The summed E-state index contributed by atoms with van der Waals surface area (Å²) in [4.78, 5) is 24.9. The first kappa shape index (κ1) is 16.6. The van der Waals surface area contributed by atoms with Gasteiger partial charge in [-0.05, 0) is 26.3 Å².